The van der Waals surface area contributed by atoms with Crippen LogP contribution in [-0.2, 0) is 14.1 Å². The summed E-state index contributed by atoms with van der Waals surface area (Å²) in [6, 6.07) is 60.9. The molecule has 10 rings (SSSR count). The maximum Gasteiger partial charge on any atom is 0.328 e. The first-order valence-electron chi connectivity index (χ1n) is 18.7. The van der Waals surface area contributed by atoms with Gasteiger partial charge in [0.15, 0.2) is 17.5 Å². The van der Waals surface area contributed by atoms with E-state index in [1.807, 2.05) is 86.9 Å². The number of nitrogens with zero attached hydrogens (tertiary/aromatic N) is 5. The van der Waals surface area contributed by atoms with Crippen LogP contribution in [0.25, 0.3) is 100 Å². The summed E-state index contributed by atoms with van der Waals surface area (Å²) in [4.78, 5) is 27.8. The first-order chi connectivity index (χ1) is 27.5. The average Bonchev–Trinajstić information content (AvgIpc) is 3.49. The van der Waals surface area contributed by atoms with Crippen molar-refractivity contribution >= 4 is 32.6 Å². The molecule has 6 nitrogen and oxygen atoms in total. The van der Waals surface area contributed by atoms with Crippen molar-refractivity contribution in [2.75, 3.05) is 0 Å². The third-order valence-corrected chi connectivity index (χ3v) is 10.8. The molecular weight excluding hydrogens is 687 g/mol. The average molecular weight is 722 g/mol. The number of hydrogen-bond donors (Lipinski definition) is 0. The molecule has 8 aromatic carbocycles. The summed E-state index contributed by atoms with van der Waals surface area (Å²) in [5.74, 6) is 1.89. The molecule has 0 aliphatic carbocycles. The lowest BCUT2D eigenvalue weighted by atomic mass is 9.85. The highest BCUT2D eigenvalue weighted by molar-refractivity contribution is 6.21. The van der Waals surface area contributed by atoms with Gasteiger partial charge in [0, 0.05) is 36.3 Å². The highest BCUT2D eigenvalue weighted by atomic mass is 16.1. The van der Waals surface area contributed by atoms with Crippen LogP contribution in [0.2, 0.25) is 0 Å². The molecule has 0 spiro atoms. The molecular formula is C50H35N5O. The van der Waals surface area contributed by atoms with Gasteiger partial charge in [0.2, 0.25) is 0 Å². The lowest BCUT2D eigenvalue weighted by Gasteiger charge is -2.18. The monoisotopic (exact) mass is 721 g/mol. The Morgan fingerprint density at radius 2 is 0.804 bits per heavy atom. The Morgan fingerprint density at radius 3 is 1.36 bits per heavy atom. The number of para-hydroxylation sites is 1. The Hall–Kier alpha value is -7.44. The van der Waals surface area contributed by atoms with Crippen molar-refractivity contribution in [1.29, 1.82) is 0 Å². The standard InChI is InChI=1S/C50H35N5O/c1-54-43-26-14-25-38(46(43)55(2)50(54)56)32-27-29-33(30-28-32)44-39-21-9-11-23-41(39)45(42-24-12-10-22-40(42)44)36-19-13-20-37(31-36)49-52-47(34-15-5-3-6-16-34)51-48(53-49)35-17-7-4-8-18-35/h3-31H,1-2H3. The van der Waals surface area contributed by atoms with Crippen LogP contribution in [0.4, 0.5) is 0 Å². The maximum atomic E-state index is 12.8. The second kappa shape index (κ2) is 13.4. The van der Waals surface area contributed by atoms with Crippen LogP contribution in [0.15, 0.2) is 181 Å². The van der Waals surface area contributed by atoms with Crippen LogP contribution < -0.4 is 5.69 Å². The number of rotatable bonds is 6. The summed E-state index contributed by atoms with van der Waals surface area (Å²) in [7, 11) is 3.66. The first kappa shape index (κ1) is 33.2. The van der Waals surface area contributed by atoms with E-state index in [0.717, 1.165) is 66.3 Å². The van der Waals surface area contributed by atoms with Crippen molar-refractivity contribution in [3.63, 3.8) is 0 Å². The Kier molecular flexibility index (Phi) is 7.96. The van der Waals surface area contributed by atoms with Crippen LogP contribution in [-0.4, -0.2) is 24.1 Å². The molecule has 266 valence electrons. The molecule has 56 heavy (non-hydrogen) atoms. The minimum Gasteiger partial charge on any atom is -0.295 e. The molecule has 0 saturated heterocycles. The predicted octanol–water partition coefficient (Wildman–Crippen LogP) is 11.4. The number of imidazole rings is 1. The van der Waals surface area contributed by atoms with E-state index in [-0.39, 0.29) is 5.69 Å². The zero-order valence-electron chi connectivity index (χ0n) is 30.9. The molecule has 0 bridgehead atoms. The van der Waals surface area contributed by atoms with Crippen LogP contribution in [0, 0.1) is 0 Å². The molecule has 10 aromatic rings. The molecule has 0 saturated carbocycles. The van der Waals surface area contributed by atoms with Crippen molar-refractivity contribution in [3.05, 3.63) is 186 Å². The van der Waals surface area contributed by atoms with E-state index < -0.39 is 0 Å². The fourth-order valence-corrected chi connectivity index (χ4v) is 8.13. The Bertz CT molecular complexity index is 3050. The molecule has 0 radical (unpaired) electrons. The van der Waals surface area contributed by atoms with Gasteiger partial charge in [-0.2, -0.15) is 0 Å². The van der Waals surface area contributed by atoms with Crippen LogP contribution in [0.3, 0.4) is 0 Å². The van der Waals surface area contributed by atoms with Gasteiger partial charge in [-0.3, -0.25) is 9.13 Å². The van der Waals surface area contributed by atoms with E-state index in [1.165, 1.54) is 16.3 Å². The third-order valence-electron chi connectivity index (χ3n) is 10.8. The normalized spacial score (nSPS) is 11.5. The number of hydrogen-bond acceptors (Lipinski definition) is 4. The number of aromatic nitrogens is 5. The molecule has 0 unspecified atom stereocenters. The van der Waals surface area contributed by atoms with Gasteiger partial charge in [-0.25, -0.2) is 19.7 Å². The summed E-state index contributed by atoms with van der Waals surface area (Å²) in [6.07, 6.45) is 0. The summed E-state index contributed by atoms with van der Waals surface area (Å²) in [6.45, 7) is 0. The van der Waals surface area contributed by atoms with Gasteiger partial charge >= 0.3 is 5.69 Å². The Morgan fingerprint density at radius 1 is 0.375 bits per heavy atom. The van der Waals surface area contributed by atoms with Crippen LogP contribution in [0.5, 0.6) is 0 Å². The first-order valence-corrected chi connectivity index (χ1v) is 18.7. The van der Waals surface area contributed by atoms with E-state index in [0.29, 0.717) is 17.5 Å². The molecule has 6 heteroatoms. The lowest BCUT2D eigenvalue weighted by Crippen LogP contribution is -2.19. The van der Waals surface area contributed by atoms with Crippen molar-refractivity contribution < 1.29 is 0 Å². The zero-order valence-corrected chi connectivity index (χ0v) is 30.9. The van der Waals surface area contributed by atoms with E-state index in [2.05, 4.69) is 103 Å². The van der Waals surface area contributed by atoms with Crippen molar-refractivity contribution in [2.24, 2.45) is 14.1 Å². The molecule has 0 fully saturated rings. The van der Waals surface area contributed by atoms with E-state index in [1.54, 1.807) is 9.13 Å². The number of aryl methyl sites for hydroxylation is 2. The largest absolute Gasteiger partial charge is 0.328 e. The summed E-state index contributed by atoms with van der Waals surface area (Å²) in [5.41, 5.74) is 11.3. The second-order valence-corrected chi connectivity index (χ2v) is 14.1. The minimum absolute atomic E-state index is 0.0326. The van der Waals surface area contributed by atoms with E-state index in [4.69, 9.17) is 15.0 Å². The van der Waals surface area contributed by atoms with Gasteiger partial charge in [-0.15, -0.1) is 0 Å². The van der Waals surface area contributed by atoms with Crippen molar-refractivity contribution in [2.45, 2.75) is 0 Å². The van der Waals surface area contributed by atoms with Gasteiger partial charge in [0.25, 0.3) is 0 Å². The molecule has 0 N–H and O–H groups in total. The highest BCUT2D eigenvalue weighted by Gasteiger charge is 2.19. The number of fused-ring (bicyclic) bond motifs is 3. The predicted molar refractivity (Wildman–Crippen MR) is 229 cm³/mol. The molecule has 0 aliphatic rings. The van der Waals surface area contributed by atoms with Crippen LogP contribution in [0.1, 0.15) is 0 Å². The van der Waals surface area contributed by atoms with Crippen molar-refractivity contribution in [3.8, 4) is 67.5 Å². The van der Waals surface area contributed by atoms with E-state index in [9.17, 15) is 4.79 Å². The molecule has 0 atom stereocenters. The second-order valence-electron chi connectivity index (χ2n) is 14.1. The highest BCUT2D eigenvalue weighted by Crippen LogP contribution is 2.44. The summed E-state index contributed by atoms with van der Waals surface area (Å²) in [5, 5.41) is 4.67. The maximum absolute atomic E-state index is 12.8. The Balaban J connectivity index is 1.13. The van der Waals surface area contributed by atoms with Gasteiger partial charge in [-0.1, -0.05) is 164 Å². The summed E-state index contributed by atoms with van der Waals surface area (Å²) < 4.78 is 3.44. The zero-order chi connectivity index (χ0) is 37.8. The van der Waals surface area contributed by atoms with Gasteiger partial charge in [0.05, 0.1) is 11.0 Å². The Labute approximate surface area is 323 Å². The molecule has 2 aromatic heterocycles. The SMILES string of the molecule is Cn1c(=O)n(C)c2c(-c3ccc(-c4c5ccccc5c(-c5cccc(-c6nc(-c7ccccc7)nc(-c7ccccc7)n6)c5)c5ccccc45)cc3)cccc21. The molecule has 0 amide bonds. The van der Waals surface area contributed by atoms with Gasteiger partial charge < -0.3 is 0 Å². The minimum atomic E-state index is -0.0326. The van der Waals surface area contributed by atoms with Gasteiger partial charge in [-0.05, 0) is 61.5 Å². The lowest BCUT2D eigenvalue weighted by molar-refractivity contribution is 0.795. The molecule has 2 heterocycles. The van der Waals surface area contributed by atoms with E-state index >= 15 is 0 Å². The quantitative estimate of drug-likeness (QED) is 0.160. The summed E-state index contributed by atoms with van der Waals surface area (Å²) >= 11 is 0. The van der Waals surface area contributed by atoms with Crippen molar-refractivity contribution in [1.82, 2.24) is 24.1 Å². The molecule has 0 aliphatic heterocycles. The fraction of sp³-hybridized carbons (Fsp3) is 0.0400. The third kappa shape index (κ3) is 5.50. The van der Waals surface area contributed by atoms with Crippen LogP contribution >= 0.6 is 0 Å². The smallest absolute Gasteiger partial charge is 0.295 e. The number of benzene rings is 8. The van der Waals surface area contributed by atoms with Gasteiger partial charge in [0.1, 0.15) is 0 Å². The fourth-order valence-electron chi connectivity index (χ4n) is 8.13. The topological polar surface area (TPSA) is 65.6 Å².